The van der Waals surface area contributed by atoms with Crippen molar-refractivity contribution in [3.05, 3.63) is 67.6 Å². The Labute approximate surface area is 250 Å². The Hall–Kier alpha value is -2.61. The van der Waals surface area contributed by atoms with Gasteiger partial charge in [-0.2, -0.15) is 0 Å². The van der Waals surface area contributed by atoms with Gasteiger partial charge in [-0.25, -0.2) is 4.79 Å². The molecule has 2 saturated heterocycles. The summed E-state index contributed by atoms with van der Waals surface area (Å²) in [5.41, 5.74) is 5.01. The summed E-state index contributed by atoms with van der Waals surface area (Å²) in [6, 6.07) is 10.4. The van der Waals surface area contributed by atoms with Crippen molar-refractivity contribution in [1.82, 2.24) is 15.5 Å². The number of nitrogens with one attached hydrogen (secondary N) is 2. The maximum Gasteiger partial charge on any atom is 0.352 e. The molecule has 1 unspecified atom stereocenters. The molecule has 0 radical (unpaired) electrons. The number of amides is 3. The van der Waals surface area contributed by atoms with Gasteiger partial charge >= 0.3 is 5.97 Å². The maximum absolute atomic E-state index is 13.7. The molecule has 2 aromatic carbocycles. The zero-order valence-corrected chi connectivity index (χ0v) is 25.4. The summed E-state index contributed by atoms with van der Waals surface area (Å²) >= 11 is 14.1. The molecule has 0 spiro atoms. The molecule has 4 rings (SSSR count). The zero-order valence-electron chi connectivity index (χ0n) is 20.7. The highest BCUT2D eigenvalue weighted by Gasteiger charge is 2.70. The molecule has 2 aliphatic heterocycles. The predicted molar refractivity (Wildman–Crippen MR) is 155 cm³/mol. The number of halogens is 3. The van der Waals surface area contributed by atoms with E-state index in [9.17, 15) is 24.3 Å². The van der Waals surface area contributed by atoms with Crippen molar-refractivity contribution >= 4 is 84.7 Å². The van der Waals surface area contributed by atoms with Crippen molar-refractivity contribution in [3.8, 4) is 0 Å². The van der Waals surface area contributed by atoms with E-state index in [-0.39, 0.29) is 23.5 Å². The minimum Gasteiger partial charge on any atom is -0.478 e. The Morgan fingerprint density at radius 1 is 1.23 bits per heavy atom. The molecule has 10 nitrogen and oxygen atoms in total. The highest BCUT2D eigenvalue weighted by Crippen LogP contribution is 2.55. The number of nitrogens with two attached hydrogens (primary N) is 1. The van der Waals surface area contributed by atoms with E-state index >= 15 is 0 Å². The van der Waals surface area contributed by atoms with E-state index in [1.165, 1.54) is 16.7 Å². The topological polar surface area (TPSA) is 154 Å². The van der Waals surface area contributed by atoms with Crippen LogP contribution in [0, 0.1) is 0 Å². The third-order valence-corrected chi connectivity index (χ3v) is 10.2. The number of benzene rings is 2. The molecule has 2 fully saturated rings. The number of β-lactam (4-membered cyclic amide) rings is 1. The van der Waals surface area contributed by atoms with Crippen molar-refractivity contribution in [2.75, 3.05) is 6.54 Å². The predicted octanol–water partition coefficient (Wildman–Crippen LogP) is 3.41. The number of aliphatic imine (C=N–C) groups is 1. The number of carboxylic acid groups (broad SMARTS) is 1. The number of rotatable bonds is 8. The molecule has 2 aliphatic rings. The molecule has 206 valence electrons. The van der Waals surface area contributed by atoms with Crippen molar-refractivity contribution in [2.45, 2.75) is 42.1 Å². The Morgan fingerprint density at radius 3 is 2.41 bits per heavy atom. The van der Waals surface area contributed by atoms with Gasteiger partial charge in [-0.15, -0.1) is 11.8 Å². The fourth-order valence-corrected chi connectivity index (χ4v) is 7.57. The molecule has 0 aromatic heterocycles. The van der Waals surface area contributed by atoms with Crippen molar-refractivity contribution in [2.24, 2.45) is 10.7 Å². The van der Waals surface area contributed by atoms with Crippen molar-refractivity contribution in [3.63, 3.8) is 0 Å². The summed E-state index contributed by atoms with van der Waals surface area (Å²) < 4.78 is 0.122. The normalized spacial score (nSPS) is 22.5. The van der Waals surface area contributed by atoms with Crippen LogP contribution >= 0.6 is 55.2 Å². The Morgan fingerprint density at radius 2 is 1.85 bits per heavy atom. The number of carboxylic acids is 1. The molecule has 0 aliphatic carbocycles. The fourth-order valence-electron chi connectivity index (χ4n) is 4.58. The second kappa shape index (κ2) is 11.1. The second-order valence-electron chi connectivity index (χ2n) is 9.42. The molecule has 14 heteroatoms. The van der Waals surface area contributed by atoms with E-state index < -0.39 is 40.8 Å². The van der Waals surface area contributed by atoms with E-state index in [1.807, 2.05) is 0 Å². The summed E-state index contributed by atoms with van der Waals surface area (Å²) in [5, 5.41) is 15.6. The van der Waals surface area contributed by atoms with Gasteiger partial charge in [0, 0.05) is 14.5 Å². The lowest BCUT2D eigenvalue weighted by atomic mass is 9.89. The largest absolute Gasteiger partial charge is 0.478 e. The van der Waals surface area contributed by atoms with Gasteiger partial charge in [0.25, 0.3) is 0 Å². The summed E-state index contributed by atoms with van der Waals surface area (Å²) in [6.07, 6.45) is 0.192. The quantitative estimate of drug-likeness (QED) is 0.142. The first kappa shape index (κ1) is 29.4. The summed E-state index contributed by atoms with van der Waals surface area (Å²) in [5.74, 6) is -3.07. The van der Waals surface area contributed by atoms with Crippen LogP contribution in [0.5, 0.6) is 0 Å². The van der Waals surface area contributed by atoms with Gasteiger partial charge in [-0.3, -0.25) is 24.3 Å². The lowest BCUT2D eigenvalue weighted by molar-refractivity contribution is -0.173. The van der Waals surface area contributed by atoms with Crippen LogP contribution in [0.3, 0.4) is 0 Å². The smallest absolute Gasteiger partial charge is 0.352 e. The molecule has 39 heavy (non-hydrogen) atoms. The first-order chi connectivity index (χ1) is 18.3. The number of carbonyl (C=O) groups excluding carboxylic acids is 3. The first-order valence-corrected chi connectivity index (χ1v) is 14.5. The molecular weight excluding hydrogens is 678 g/mol. The Balaban J connectivity index is 1.58. The van der Waals surface area contributed by atoms with Crippen LogP contribution in [0.2, 0.25) is 5.02 Å². The molecule has 3 amide bonds. The standard InChI is InChI=1S/C25H24Br2ClN5O5S/c1-24(2)25(23(37)38,33-17(35)10-18(33)39-24)32-22(36)20(12-6-4-3-5-7-12)31-16(34)11-30-21(29)13-8-14(26)19(28)15(27)9-13/h3-9,18,20H,10-11H2,1-2H3,(H2,29,30)(H,31,34)(H,32,36)(H,37,38)/t18-,20?,25+/m1/s1. The molecule has 2 aromatic rings. The van der Waals surface area contributed by atoms with Gasteiger partial charge in [0.2, 0.25) is 23.4 Å². The third kappa shape index (κ3) is 5.41. The number of nitrogens with zero attached hydrogens (tertiary/aromatic N) is 2. The van der Waals surface area contributed by atoms with Gasteiger partial charge in [0.1, 0.15) is 18.4 Å². The van der Waals surface area contributed by atoms with Crippen molar-refractivity contribution < 1.29 is 24.3 Å². The zero-order chi connectivity index (χ0) is 28.7. The first-order valence-electron chi connectivity index (χ1n) is 11.6. The van der Waals surface area contributed by atoms with Crippen LogP contribution < -0.4 is 16.4 Å². The van der Waals surface area contributed by atoms with Gasteiger partial charge in [-0.1, -0.05) is 41.9 Å². The van der Waals surface area contributed by atoms with E-state index in [0.29, 0.717) is 25.1 Å². The Kier molecular flexibility index (Phi) is 8.36. The highest BCUT2D eigenvalue weighted by molar-refractivity contribution is 9.11. The van der Waals surface area contributed by atoms with Gasteiger partial charge in [-0.05, 0) is 63.4 Å². The molecular formula is C25H24Br2ClN5O5S. The average Bonchev–Trinajstić information content (AvgIpc) is 3.06. The van der Waals surface area contributed by atoms with Crippen LogP contribution in [-0.2, 0) is 19.2 Å². The lowest BCUT2D eigenvalue weighted by Crippen LogP contribution is -2.75. The van der Waals surface area contributed by atoms with Gasteiger partial charge in [0.15, 0.2) is 0 Å². The minimum atomic E-state index is -2.00. The van der Waals surface area contributed by atoms with Crippen LogP contribution in [-0.4, -0.2) is 61.9 Å². The highest BCUT2D eigenvalue weighted by atomic mass is 79.9. The number of aliphatic carboxylic acids is 1. The summed E-state index contributed by atoms with van der Waals surface area (Å²) in [7, 11) is 0. The van der Waals surface area contributed by atoms with Gasteiger partial charge in [0.05, 0.1) is 21.6 Å². The molecule has 0 saturated carbocycles. The monoisotopic (exact) mass is 699 g/mol. The van der Waals surface area contributed by atoms with Crippen molar-refractivity contribution in [1.29, 1.82) is 0 Å². The van der Waals surface area contributed by atoms with Crippen LogP contribution in [0.15, 0.2) is 56.4 Å². The number of carbonyl (C=O) groups is 4. The minimum absolute atomic E-state index is 0.0702. The molecule has 3 atom stereocenters. The lowest BCUT2D eigenvalue weighted by Gasteiger charge is -2.46. The van der Waals surface area contributed by atoms with E-state index in [1.54, 1.807) is 56.3 Å². The van der Waals surface area contributed by atoms with Gasteiger partial charge < -0.3 is 21.5 Å². The number of amidine groups is 1. The molecule has 2 heterocycles. The number of thioether (sulfide) groups is 1. The molecule has 5 N–H and O–H groups in total. The van der Waals surface area contributed by atoms with E-state index in [4.69, 9.17) is 17.3 Å². The molecule has 0 bridgehead atoms. The SMILES string of the molecule is CC1(C)S[C@@H]2CC(=O)N2[C@@]1(NC(=O)C(NC(=O)CN=C(N)c1cc(Br)c(Cl)c(Br)c1)c1ccccc1)C(=O)O. The van der Waals surface area contributed by atoms with E-state index in [0.717, 1.165) is 0 Å². The number of fused-ring (bicyclic) bond motifs is 1. The maximum atomic E-state index is 13.7. The second-order valence-corrected chi connectivity index (χ2v) is 13.3. The van der Waals surface area contributed by atoms with E-state index in [2.05, 4.69) is 47.5 Å². The third-order valence-electron chi connectivity index (χ3n) is 6.56. The average molecular weight is 702 g/mol. The fraction of sp³-hybridized carbons (Fsp3) is 0.320. The summed E-state index contributed by atoms with van der Waals surface area (Å²) in [6.45, 7) is 2.93. The number of hydrogen-bond donors (Lipinski definition) is 4. The summed E-state index contributed by atoms with van der Waals surface area (Å²) in [4.78, 5) is 57.0. The van der Waals surface area contributed by atoms with Crippen LogP contribution in [0.1, 0.15) is 37.4 Å². The van der Waals surface area contributed by atoms with Crippen LogP contribution in [0.4, 0.5) is 0 Å². The Bertz CT molecular complexity index is 1370. The van der Waals surface area contributed by atoms with Crippen LogP contribution in [0.25, 0.3) is 0 Å². The number of hydrogen-bond acceptors (Lipinski definition) is 6.